The first kappa shape index (κ1) is 23.4. The van der Waals surface area contributed by atoms with E-state index in [0.29, 0.717) is 42.7 Å². The van der Waals surface area contributed by atoms with Gasteiger partial charge in [0.05, 0.1) is 29.4 Å². The standard InChI is InChI=1S/C21H22FN5O4S2/c1-14-6-7-15(12-18(14)33(29,30)27-8-10-31-11-9-27)23-19(28)13-32-21-24-20(25-26-21)16-4-2-3-5-17(16)22/h2-7,12H,8-11,13H2,1H3,(H,23,28)(H,24,25,26). The van der Waals surface area contributed by atoms with Gasteiger partial charge in [-0.3, -0.25) is 9.89 Å². The Bertz CT molecular complexity index is 1260. The first-order chi connectivity index (χ1) is 15.8. The minimum absolute atomic E-state index is 0.00596. The third kappa shape index (κ3) is 5.41. The lowest BCUT2D eigenvalue weighted by atomic mass is 10.2. The van der Waals surface area contributed by atoms with Crippen LogP contribution in [0.2, 0.25) is 0 Å². The van der Waals surface area contributed by atoms with Crippen molar-refractivity contribution in [2.45, 2.75) is 17.0 Å². The SMILES string of the molecule is Cc1ccc(NC(=O)CSc2n[nH]c(-c3ccccc3F)n2)cc1S(=O)(=O)N1CCOCC1. The summed E-state index contributed by atoms with van der Waals surface area (Å²) < 4.78 is 46.5. The molecule has 0 saturated carbocycles. The zero-order valence-electron chi connectivity index (χ0n) is 17.7. The average Bonchev–Trinajstić information content (AvgIpc) is 3.28. The van der Waals surface area contributed by atoms with E-state index in [-0.39, 0.29) is 27.9 Å². The smallest absolute Gasteiger partial charge is 0.243 e. The van der Waals surface area contributed by atoms with E-state index in [1.54, 1.807) is 37.3 Å². The van der Waals surface area contributed by atoms with Crippen LogP contribution in [0, 0.1) is 12.7 Å². The number of nitrogens with zero attached hydrogens (tertiary/aromatic N) is 3. The summed E-state index contributed by atoms with van der Waals surface area (Å²) in [6.45, 7) is 3.00. The number of hydrogen-bond acceptors (Lipinski definition) is 7. The molecule has 2 aromatic carbocycles. The summed E-state index contributed by atoms with van der Waals surface area (Å²) in [5, 5.41) is 9.68. The van der Waals surface area contributed by atoms with Crippen LogP contribution in [0.3, 0.4) is 0 Å². The molecule has 1 fully saturated rings. The second-order valence-corrected chi connectivity index (χ2v) is 10.1. The molecular formula is C21H22FN5O4S2. The van der Waals surface area contributed by atoms with E-state index in [1.807, 2.05) is 0 Å². The van der Waals surface area contributed by atoms with Crippen molar-refractivity contribution in [3.05, 3.63) is 53.8 Å². The van der Waals surface area contributed by atoms with E-state index < -0.39 is 15.8 Å². The molecule has 2 heterocycles. The molecule has 174 valence electrons. The third-order valence-electron chi connectivity index (χ3n) is 4.99. The number of benzene rings is 2. The van der Waals surface area contributed by atoms with Crippen LogP contribution in [0.4, 0.5) is 10.1 Å². The van der Waals surface area contributed by atoms with Crippen molar-refractivity contribution in [3.8, 4) is 11.4 Å². The normalized spacial score (nSPS) is 14.8. The fraction of sp³-hybridized carbons (Fsp3) is 0.286. The van der Waals surface area contributed by atoms with Crippen LogP contribution < -0.4 is 5.32 Å². The van der Waals surface area contributed by atoms with Crippen molar-refractivity contribution in [2.24, 2.45) is 0 Å². The number of ether oxygens (including phenoxy) is 1. The Kier molecular flexibility index (Phi) is 7.08. The number of amides is 1. The molecule has 1 aliphatic rings. The number of aromatic amines is 1. The number of aryl methyl sites for hydroxylation is 1. The van der Waals surface area contributed by atoms with Crippen molar-refractivity contribution in [1.29, 1.82) is 0 Å². The van der Waals surface area contributed by atoms with Crippen LogP contribution in [-0.4, -0.2) is 65.9 Å². The van der Waals surface area contributed by atoms with Crippen molar-refractivity contribution < 1.29 is 22.3 Å². The maximum Gasteiger partial charge on any atom is 0.243 e. The lowest BCUT2D eigenvalue weighted by Crippen LogP contribution is -2.40. The molecule has 1 aliphatic heterocycles. The molecule has 33 heavy (non-hydrogen) atoms. The molecule has 0 unspecified atom stereocenters. The van der Waals surface area contributed by atoms with Gasteiger partial charge < -0.3 is 10.1 Å². The first-order valence-corrected chi connectivity index (χ1v) is 12.6. The van der Waals surface area contributed by atoms with Gasteiger partial charge in [0, 0.05) is 18.8 Å². The number of thioether (sulfide) groups is 1. The highest BCUT2D eigenvalue weighted by Gasteiger charge is 2.28. The van der Waals surface area contributed by atoms with Crippen molar-refractivity contribution in [2.75, 3.05) is 37.4 Å². The molecule has 0 bridgehead atoms. The number of morpholine rings is 1. The molecule has 0 aliphatic carbocycles. The highest BCUT2D eigenvalue weighted by molar-refractivity contribution is 7.99. The van der Waals surface area contributed by atoms with E-state index in [2.05, 4.69) is 20.5 Å². The predicted octanol–water partition coefficient (Wildman–Crippen LogP) is 2.67. The van der Waals surface area contributed by atoms with Crippen LogP contribution in [-0.2, 0) is 19.6 Å². The minimum atomic E-state index is -3.69. The maximum atomic E-state index is 13.9. The second-order valence-electron chi connectivity index (χ2n) is 7.28. The van der Waals surface area contributed by atoms with E-state index in [4.69, 9.17) is 4.74 Å². The topological polar surface area (TPSA) is 117 Å². The van der Waals surface area contributed by atoms with Crippen LogP contribution in [0.5, 0.6) is 0 Å². The molecule has 1 amide bonds. The number of carbonyl (C=O) groups is 1. The maximum absolute atomic E-state index is 13.9. The van der Waals surface area contributed by atoms with Crippen molar-refractivity contribution in [1.82, 2.24) is 19.5 Å². The number of hydrogen-bond donors (Lipinski definition) is 2. The van der Waals surface area contributed by atoms with Gasteiger partial charge in [-0.2, -0.15) is 4.31 Å². The predicted molar refractivity (Wildman–Crippen MR) is 122 cm³/mol. The molecule has 1 saturated heterocycles. The zero-order chi connectivity index (χ0) is 23.4. The molecular weight excluding hydrogens is 469 g/mol. The molecule has 12 heteroatoms. The highest BCUT2D eigenvalue weighted by Crippen LogP contribution is 2.25. The lowest BCUT2D eigenvalue weighted by Gasteiger charge is -2.26. The average molecular weight is 492 g/mol. The molecule has 9 nitrogen and oxygen atoms in total. The Morgan fingerprint density at radius 2 is 2.00 bits per heavy atom. The summed E-state index contributed by atoms with van der Waals surface area (Å²) in [7, 11) is -3.69. The van der Waals surface area contributed by atoms with E-state index in [9.17, 15) is 17.6 Å². The molecule has 2 N–H and O–H groups in total. The zero-order valence-corrected chi connectivity index (χ0v) is 19.4. The number of H-pyrrole nitrogens is 1. The summed E-state index contributed by atoms with van der Waals surface area (Å²) in [5.41, 5.74) is 1.25. The van der Waals surface area contributed by atoms with Gasteiger partial charge in [-0.15, -0.1) is 5.10 Å². The van der Waals surface area contributed by atoms with Gasteiger partial charge in [0.15, 0.2) is 5.82 Å². The fourth-order valence-corrected chi connectivity index (χ4v) is 5.55. The van der Waals surface area contributed by atoms with Crippen molar-refractivity contribution in [3.63, 3.8) is 0 Å². The van der Waals surface area contributed by atoms with E-state index >= 15 is 0 Å². The highest BCUT2D eigenvalue weighted by atomic mass is 32.2. The van der Waals surface area contributed by atoms with Crippen LogP contribution in [0.25, 0.3) is 11.4 Å². The Morgan fingerprint density at radius 3 is 2.76 bits per heavy atom. The Hall–Kier alpha value is -2.80. The number of nitrogens with one attached hydrogen (secondary N) is 2. The van der Waals surface area contributed by atoms with Crippen LogP contribution >= 0.6 is 11.8 Å². The third-order valence-corrected chi connectivity index (χ3v) is 7.87. The van der Waals surface area contributed by atoms with E-state index in [0.717, 1.165) is 11.8 Å². The Labute approximate surface area is 194 Å². The largest absolute Gasteiger partial charge is 0.379 e. The Morgan fingerprint density at radius 1 is 1.24 bits per heavy atom. The van der Waals surface area contributed by atoms with Crippen molar-refractivity contribution >= 4 is 33.4 Å². The lowest BCUT2D eigenvalue weighted by molar-refractivity contribution is -0.113. The summed E-state index contributed by atoms with van der Waals surface area (Å²) in [6, 6.07) is 11.0. The fourth-order valence-electron chi connectivity index (χ4n) is 3.29. The monoisotopic (exact) mass is 491 g/mol. The summed E-state index contributed by atoms with van der Waals surface area (Å²) in [4.78, 5) is 16.8. The summed E-state index contributed by atoms with van der Waals surface area (Å²) >= 11 is 1.08. The van der Waals surface area contributed by atoms with Gasteiger partial charge in [0.25, 0.3) is 0 Å². The summed E-state index contributed by atoms with van der Waals surface area (Å²) in [6.07, 6.45) is 0. The minimum Gasteiger partial charge on any atom is -0.379 e. The molecule has 0 spiro atoms. The molecule has 1 aromatic heterocycles. The molecule has 0 radical (unpaired) electrons. The number of rotatable bonds is 7. The second kappa shape index (κ2) is 10.00. The first-order valence-electron chi connectivity index (χ1n) is 10.1. The Balaban J connectivity index is 1.40. The number of aromatic nitrogens is 3. The molecule has 3 aromatic rings. The van der Waals surface area contributed by atoms with Gasteiger partial charge in [-0.25, -0.2) is 17.8 Å². The van der Waals surface area contributed by atoms with Gasteiger partial charge in [-0.05, 0) is 36.8 Å². The van der Waals surface area contributed by atoms with Gasteiger partial charge in [0.1, 0.15) is 5.82 Å². The van der Waals surface area contributed by atoms with Gasteiger partial charge in [0.2, 0.25) is 21.1 Å². The van der Waals surface area contributed by atoms with Crippen LogP contribution in [0.1, 0.15) is 5.56 Å². The number of carbonyl (C=O) groups excluding carboxylic acids is 1. The van der Waals surface area contributed by atoms with Crippen LogP contribution in [0.15, 0.2) is 52.5 Å². The molecule has 0 atom stereocenters. The van der Waals surface area contributed by atoms with Gasteiger partial charge >= 0.3 is 0 Å². The van der Waals surface area contributed by atoms with Gasteiger partial charge in [-0.1, -0.05) is 30.0 Å². The number of halogens is 1. The quantitative estimate of drug-likeness (QED) is 0.488. The molecule has 4 rings (SSSR count). The number of anilines is 1. The summed E-state index contributed by atoms with van der Waals surface area (Å²) in [5.74, 6) is -0.512. The van der Waals surface area contributed by atoms with E-state index in [1.165, 1.54) is 16.4 Å². The number of sulfonamides is 1.